The molecule has 1 aromatic rings. The zero-order valence-corrected chi connectivity index (χ0v) is 13.0. The van der Waals surface area contributed by atoms with Crippen LogP contribution in [0.1, 0.15) is 43.2 Å². The van der Waals surface area contributed by atoms with Crippen molar-refractivity contribution >= 4 is 17.9 Å². The number of halogens is 3. The fourth-order valence-corrected chi connectivity index (χ4v) is 2.59. The van der Waals surface area contributed by atoms with Gasteiger partial charge in [-0.3, -0.25) is 20.4 Å². The summed E-state index contributed by atoms with van der Waals surface area (Å²) in [4.78, 5) is 23.5. The number of alkyl halides is 3. The molecule has 0 aromatic heterocycles. The summed E-state index contributed by atoms with van der Waals surface area (Å²) in [6, 6.07) is 4.44. The molecule has 1 aliphatic rings. The number of hydrazine groups is 1. The lowest BCUT2D eigenvalue weighted by atomic mass is 9.89. The van der Waals surface area contributed by atoms with Crippen LogP contribution in [0.5, 0.6) is 0 Å². The minimum atomic E-state index is -4.39. The number of carbonyl (C=O) groups is 2. The van der Waals surface area contributed by atoms with Gasteiger partial charge in [-0.15, -0.1) is 0 Å². The third-order valence-corrected chi connectivity index (χ3v) is 3.95. The first kappa shape index (κ1) is 18.0. The lowest BCUT2D eigenvalue weighted by Crippen LogP contribution is -2.44. The first-order valence-electron chi connectivity index (χ1n) is 7.81. The van der Waals surface area contributed by atoms with E-state index in [1.54, 1.807) is 0 Å². The molecule has 1 aliphatic carbocycles. The number of carbonyl (C=O) groups excluding carboxylic acids is 2. The van der Waals surface area contributed by atoms with E-state index in [-0.39, 0.29) is 11.8 Å². The van der Waals surface area contributed by atoms with Crippen LogP contribution in [0.25, 0.3) is 6.08 Å². The molecular weight excluding hydrogens is 321 g/mol. The Morgan fingerprint density at radius 1 is 1.00 bits per heavy atom. The van der Waals surface area contributed by atoms with Crippen LogP contribution in [0.15, 0.2) is 30.3 Å². The maximum Gasteiger partial charge on any atom is 0.416 e. The third kappa shape index (κ3) is 5.40. The van der Waals surface area contributed by atoms with E-state index in [1.165, 1.54) is 18.2 Å². The molecule has 0 aliphatic heterocycles. The van der Waals surface area contributed by atoms with Gasteiger partial charge in [0.05, 0.1) is 5.56 Å². The Morgan fingerprint density at radius 3 is 2.21 bits per heavy atom. The van der Waals surface area contributed by atoms with Crippen molar-refractivity contribution in [3.8, 4) is 0 Å². The lowest BCUT2D eigenvalue weighted by molar-refractivity contribution is -0.137. The Morgan fingerprint density at radius 2 is 1.62 bits per heavy atom. The summed E-state index contributed by atoms with van der Waals surface area (Å²) < 4.78 is 37.3. The Balaban J connectivity index is 1.81. The molecule has 130 valence electrons. The largest absolute Gasteiger partial charge is 0.416 e. The normalized spacial score (nSPS) is 16.1. The van der Waals surface area contributed by atoms with Crippen molar-refractivity contribution in [2.45, 2.75) is 38.3 Å². The van der Waals surface area contributed by atoms with E-state index in [0.717, 1.165) is 50.3 Å². The second-order valence-electron chi connectivity index (χ2n) is 5.77. The summed E-state index contributed by atoms with van der Waals surface area (Å²) >= 11 is 0. The van der Waals surface area contributed by atoms with Gasteiger partial charge >= 0.3 is 6.18 Å². The highest BCUT2D eigenvalue weighted by Crippen LogP contribution is 2.29. The second-order valence-corrected chi connectivity index (χ2v) is 5.77. The molecule has 0 saturated heterocycles. The number of hydrogen-bond donors (Lipinski definition) is 2. The molecule has 7 heteroatoms. The zero-order chi connectivity index (χ0) is 17.6. The minimum Gasteiger partial charge on any atom is -0.273 e. The van der Waals surface area contributed by atoms with Crippen LogP contribution in [0.4, 0.5) is 13.2 Å². The molecular formula is C17H19F3N2O2. The number of benzene rings is 1. The van der Waals surface area contributed by atoms with Crippen molar-refractivity contribution < 1.29 is 22.8 Å². The molecule has 0 atom stereocenters. The van der Waals surface area contributed by atoms with Gasteiger partial charge in [-0.2, -0.15) is 13.2 Å². The fourth-order valence-electron chi connectivity index (χ4n) is 2.59. The van der Waals surface area contributed by atoms with Crippen molar-refractivity contribution in [3.05, 3.63) is 41.5 Å². The molecule has 0 spiro atoms. The zero-order valence-electron chi connectivity index (χ0n) is 13.0. The smallest absolute Gasteiger partial charge is 0.273 e. The Kier molecular flexibility index (Phi) is 6.00. The molecule has 0 radical (unpaired) electrons. The molecule has 0 unspecified atom stereocenters. The average molecular weight is 340 g/mol. The molecule has 0 heterocycles. The van der Waals surface area contributed by atoms with Crippen molar-refractivity contribution in [1.82, 2.24) is 10.9 Å². The summed E-state index contributed by atoms with van der Waals surface area (Å²) in [7, 11) is 0. The van der Waals surface area contributed by atoms with Gasteiger partial charge in [0.1, 0.15) is 0 Å². The van der Waals surface area contributed by atoms with Gasteiger partial charge in [-0.1, -0.05) is 31.4 Å². The summed E-state index contributed by atoms with van der Waals surface area (Å²) in [5.41, 5.74) is 4.37. The van der Waals surface area contributed by atoms with E-state index >= 15 is 0 Å². The van der Waals surface area contributed by atoms with Crippen molar-refractivity contribution in [1.29, 1.82) is 0 Å². The molecule has 4 nitrogen and oxygen atoms in total. The first-order valence-corrected chi connectivity index (χ1v) is 7.81. The van der Waals surface area contributed by atoms with Crippen LogP contribution >= 0.6 is 0 Å². The summed E-state index contributed by atoms with van der Waals surface area (Å²) in [5.74, 6) is -0.817. The first-order chi connectivity index (χ1) is 11.4. The third-order valence-electron chi connectivity index (χ3n) is 3.95. The van der Waals surface area contributed by atoms with Gasteiger partial charge in [0, 0.05) is 12.0 Å². The monoisotopic (exact) mass is 340 g/mol. The predicted octanol–water partition coefficient (Wildman–Crippen LogP) is 3.45. The SMILES string of the molecule is O=C(/C=C/c1ccc(C(F)(F)F)cc1)NNC(=O)C1CCCCC1. The summed E-state index contributed by atoms with van der Waals surface area (Å²) in [6.45, 7) is 0. The second kappa shape index (κ2) is 7.99. The highest BCUT2D eigenvalue weighted by molar-refractivity contribution is 5.93. The van der Waals surface area contributed by atoms with Crippen LogP contribution in [0.3, 0.4) is 0 Å². The van der Waals surface area contributed by atoms with E-state index in [1.807, 2.05) is 0 Å². The van der Waals surface area contributed by atoms with Gasteiger partial charge in [0.15, 0.2) is 0 Å². The maximum absolute atomic E-state index is 12.4. The van der Waals surface area contributed by atoms with Gasteiger partial charge in [0.2, 0.25) is 5.91 Å². The molecule has 0 bridgehead atoms. The van der Waals surface area contributed by atoms with Gasteiger partial charge < -0.3 is 0 Å². The molecule has 2 amide bonds. The number of rotatable bonds is 3. The van der Waals surface area contributed by atoms with Crippen LogP contribution in [0.2, 0.25) is 0 Å². The summed E-state index contributed by atoms with van der Waals surface area (Å²) in [6.07, 6.45) is 2.95. The van der Waals surface area contributed by atoms with Gasteiger partial charge in [0.25, 0.3) is 5.91 Å². The minimum absolute atomic E-state index is 0.0713. The topological polar surface area (TPSA) is 58.2 Å². The Bertz CT molecular complexity index is 603. The highest BCUT2D eigenvalue weighted by atomic mass is 19.4. The number of nitrogens with one attached hydrogen (secondary N) is 2. The maximum atomic E-state index is 12.4. The van der Waals surface area contributed by atoms with E-state index in [2.05, 4.69) is 10.9 Å². The Hall–Kier alpha value is -2.31. The van der Waals surface area contributed by atoms with Gasteiger partial charge in [-0.25, -0.2) is 0 Å². The highest BCUT2D eigenvalue weighted by Gasteiger charge is 2.29. The van der Waals surface area contributed by atoms with Crippen molar-refractivity contribution in [2.24, 2.45) is 5.92 Å². The molecule has 1 saturated carbocycles. The van der Waals surface area contributed by atoms with Gasteiger partial charge in [-0.05, 0) is 36.6 Å². The molecule has 2 N–H and O–H groups in total. The van der Waals surface area contributed by atoms with Crippen molar-refractivity contribution in [3.63, 3.8) is 0 Å². The number of amides is 2. The molecule has 1 aromatic carbocycles. The average Bonchev–Trinajstić information content (AvgIpc) is 2.58. The van der Waals surface area contributed by atoms with Crippen LogP contribution in [-0.2, 0) is 15.8 Å². The van der Waals surface area contributed by atoms with E-state index in [0.29, 0.717) is 5.56 Å². The Labute approximate surface area is 138 Å². The standard InChI is InChI=1S/C17H19F3N2O2/c18-17(19,20)14-9-6-12(7-10-14)8-11-15(23)21-22-16(24)13-4-2-1-3-5-13/h6-11,13H,1-5H2,(H,21,23)(H,22,24)/b11-8+. The van der Waals surface area contributed by atoms with Crippen LogP contribution in [0, 0.1) is 5.92 Å². The summed E-state index contributed by atoms with van der Waals surface area (Å²) in [5, 5.41) is 0. The van der Waals surface area contributed by atoms with E-state index in [4.69, 9.17) is 0 Å². The van der Waals surface area contributed by atoms with Crippen LogP contribution in [-0.4, -0.2) is 11.8 Å². The van der Waals surface area contributed by atoms with E-state index < -0.39 is 17.6 Å². The molecule has 24 heavy (non-hydrogen) atoms. The van der Waals surface area contributed by atoms with Crippen LogP contribution < -0.4 is 10.9 Å². The fraction of sp³-hybridized carbons (Fsp3) is 0.412. The predicted molar refractivity (Wildman–Crippen MR) is 83.3 cm³/mol. The van der Waals surface area contributed by atoms with Crippen molar-refractivity contribution in [2.75, 3.05) is 0 Å². The lowest BCUT2D eigenvalue weighted by Gasteiger charge is -2.20. The quantitative estimate of drug-likeness (QED) is 0.654. The number of hydrogen-bond acceptors (Lipinski definition) is 2. The molecule has 2 rings (SSSR count). The van der Waals surface area contributed by atoms with E-state index in [9.17, 15) is 22.8 Å². The molecule has 1 fully saturated rings.